The Morgan fingerprint density at radius 1 is 1.37 bits per heavy atom. The van der Waals surface area contributed by atoms with E-state index in [0.717, 1.165) is 25.2 Å². The van der Waals surface area contributed by atoms with Crippen molar-refractivity contribution in [3.8, 4) is 11.8 Å². The highest BCUT2D eigenvalue weighted by Gasteiger charge is 2.19. The summed E-state index contributed by atoms with van der Waals surface area (Å²) in [4.78, 5) is 2.30. The summed E-state index contributed by atoms with van der Waals surface area (Å²) in [5.41, 5.74) is 7.58. The Balaban J connectivity index is 1.92. The van der Waals surface area contributed by atoms with Crippen LogP contribution in [0.2, 0.25) is 0 Å². The van der Waals surface area contributed by atoms with Gasteiger partial charge in [-0.15, -0.1) is 0 Å². The van der Waals surface area contributed by atoms with Crippen LogP contribution in [0.25, 0.3) is 0 Å². The molecule has 1 heterocycles. The van der Waals surface area contributed by atoms with Crippen molar-refractivity contribution >= 4 is 0 Å². The lowest BCUT2D eigenvalue weighted by Gasteiger charge is -2.31. The molecule has 1 saturated heterocycles. The lowest BCUT2D eigenvalue weighted by molar-refractivity contribution is -0.0551. The number of morpholine rings is 1. The van der Waals surface area contributed by atoms with Crippen LogP contribution in [-0.4, -0.2) is 49.0 Å². The van der Waals surface area contributed by atoms with Gasteiger partial charge in [-0.1, -0.05) is 24.0 Å². The zero-order chi connectivity index (χ0) is 13.5. The Hall–Kier alpha value is -1.38. The zero-order valence-corrected chi connectivity index (χ0v) is 11.0. The van der Waals surface area contributed by atoms with E-state index < -0.39 is 0 Å². The van der Waals surface area contributed by atoms with Crippen LogP contribution < -0.4 is 5.73 Å². The molecule has 3 N–H and O–H groups in total. The Labute approximate surface area is 114 Å². The molecule has 1 aromatic rings. The van der Waals surface area contributed by atoms with Crippen LogP contribution in [0.1, 0.15) is 11.1 Å². The van der Waals surface area contributed by atoms with Gasteiger partial charge in [0.25, 0.3) is 0 Å². The van der Waals surface area contributed by atoms with E-state index in [-0.39, 0.29) is 12.7 Å². The van der Waals surface area contributed by atoms with E-state index in [0.29, 0.717) is 13.2 Å². The van der Waals surface area contributed by atoms with Crippen molar-refractivity contribution in [2.24, 2.45) is 5.73 Å². The standard InChI is InChI=1S/C15H20N2O2/c16-7-1-2-13-3-5-14(6-4-13)10-17-8-9-19-15(11-17)12-18/h3-6,15,18H,7-12,16H2. The molecular formula is C15H20N2O2. The normalized spacial score (nSPS) is 19.8. The summed E-state index contributed by atoms with van der Waals surface area (Å²) >= 11 is 0. The summed E-state index contributed by atoms with van der Waals surface area (Å²) in [6.07, 6.45) is -0.0524. The van der Waals surface area contributed by atoms with Crippen LogP contribution >= 0.6 is 0 Å². The Bertz CT molecular complexity index is 447. The molecule has 1 aliphatic heterocycles. The van der Waals surface area contributed by atoms with Gasteiger partial charge < -0.3 is 15.6 Å². The van der Waals surface area contributed by atoms with E-state index in [1.807, 2.05) is 12.1 Å². The second-order valence-corrected chi connectivity index (χ2v) is 4.61. The molecule has 1 atom stereocenters. The minimum Gasteiger partial charge on any atom is -0.394 e. The predicted octanol–water partition coefficient (Wildman–Crippen LogP) is 0.190. The first-order chi connectivity index (χ1) is 9.31. The maximum Gasteiger partial charge on any atom is 0.0933 e. The Morgan fingerprint density at radius 2 is 2.16 bits per heavy atom. The minimum atomic E-state index is -0.0524. The SMILES string of the molecule is NCC#Cc1ccc(CN2CCOC(CO)C2)cc1. The van der Waals surface area contributed by atoms with Crippen LogP contribution in [0, 0.1) is 11.8 Å². The number of benzene rings is 1. The largest absolute Gasteiger partial charge is 0.394 e. The number of ether oxygens (including phenoxy) is 1. The highest BCUT2D eigenvalue weighted by Crippen LogP contribution is 2.11. The first-order valence-electron chi connectivity index (χ1n) is 6.54. The topological polar surface area (TPSA) is 58.7 Å². The molecule has 0 saturated carbocycles. The molecule has 0 bridgehead atoms. The summed E-state index contributed by atoms with van der Waals surface area (Å²) in [6, 6.07) is 8.21. The quantitative estimate of drug-likeness (QED) is 0.762. The molecule has 1 aromatic carbocycles. The molecule has 0 amide bonds. The van der Waals surface area contributed by atoms with Gasteiger partial charge in [0.15, 0.2) is 0 Å². The number of nitrogens with zero attached hydrogens (tertiary/aromatic N) is 1. The van der Waals surface area contributed by atoms with Gasteiger partial charge in [-0.2, -0.15) is 0 Å². The van der Waals surface area contributed by atoms with Gasteiger partial charge in [-0.25, -0.2) is 0 Å². The summed E-state index contributed by atoms with van der Waals surface area (Å²) < 4.78 is 5.44. The maximum atomic E-state index is 9.12. The molecule has 0 spiro atoms. The number of aliphatic hydroxyl groups is 1. The first kappa shape index (κ1) is 14.0. The first-order valence-corrected chi connectivity index (χ1v) is 6.54. The van der Waals surface area contributed by atoms with Crippen molar-refractivity contribution in [3.05, 3.63) is 35.4 Å². The van der Waals surface area contributed by atoms with Gasteiger partial charge >= 0.3 is 0 Å². The second-order valence-electron chi connectivity index (χ2n) is 4.61. The predicted molar refractivity (Wildman–Crippen MR) is 74.5 cm³/mol. The van der Waals surface area contributed by atoms with Crippen LogP contribution in [0.15, 0.2) is 24.3 Å². The maximum absolute atomic E-state index is 9.12. The lowest BCUT2D eigenvalue weighted by atomic mass is 10.1. The molecule has 1 aliphatic rings. The smallest absolute Gasteiger partial charge is 0.0933 e. The molecule has 19 heavy (non-hydrogen) atoms. The molecule has 102 valence electrons. The highest BCUT2D eigenvalue weighted by atomic mass is 16.5. The van der Waals surface area contributed by atoms with E-state index in [2.05, 4.69) is 28.9 Å². The summed E-state index contributed by atoms with van der Waals surface area (Å²) in [5.74, 6) is 5.85. The van der Waals surface area contributed by atoms with E-state index in [9.17, 15) is 0 Å². The molecule has 0 aliphatic carbocycles. The molecule has 0 radical (unpaired) electrons. The second kappa shape index (κ2) is 7.27. The number of hydrogen-bond donors (Lipinski definition) is 2. The van der Waals surface area contributed by atoms with Gasteiger partial charge in [0.2, 0.25) is 0 Å². The number of aliphatic hydroxyl groups excluding tert-OH is 1. The average Bonchev–Trinajstić information content (AvgIpc) is 2.47. The monoisotopic (exact) mass is 260 g/mol. The van der Waals surface area contributed by atoms with E-state index in [1.165, 1.54) is 5.56 Å². The number of nitrogens with two attached hydrogens (primary N) is 1. The fourth-order valence-corrected chi connectivity index (χ4v) is 2.14. The third-order valence-electron chi connectivity index (χ3n) is 3.12. The fraction of sp³-hybridized carbons (Fsp3) is 0.467. The molecule has 4 nitrogen and oxygen atoms in total. The molecule has 0 aromatic heterocycles. The van der Waals surface area contributed by atoms with E-state index in [4.69, 9.17) is 15.6 Å². The van der Waals surface area contributed by atoms with Crippen LogP contribution in [0.4, 0.5) is 0 Å². The number of hydrogen-bond acceptors (Lipinski definition) is 4. The van der Waals surface area contributed by atoms with Gasteiger partial charge in [0.1, 0.15) is 0 Å². The summed E-state index contributed by atoms with van der Waals surface area (Å²) in [6.45, 7) is 3.73. The van der Waals surface area contributed by atoms with Crippen molar-refractivity contribution < 1.29 is 9.84 Å². The third-order valence-corrected chi connectivity index (χ3v) is 3.12. The molecule has 2 rings (SSSR count). The lowest BCUT2D eigenvalue weighted by Crippen LogP contribution is -2.43. The third kappa shape index (κ3) is 4.34. The fourth-order valence-electron chi connectivity index (χ4n) is 2.14. The molecule has 4 heteroatoms. The number of rotatable bonds is 3. The zero-order valence-electron chi connectivity index (χ0n) is 11.0. The van der Waals surface area contributed by atoms with Crippen molar-refractivity contribution in [2.75, 3.05) is 32.8 Å². The van der Waals surface area contributed by atoms with Gasteiger partial charge in [-0.05, 0) is 17.7 Å². The van der Waals surface area contributed by atoms with Crippen LogP contribution in [-0.2, 0) is 11.3 Å². The van der Waals surface area contributed by atoms with Gasteiger partial charge in [-0.3, -0.25) is 4.90 Å². The summed E-state index contributed by atoms with van der Waals surface area (Å²) in [5, 5.41) is 9.12. The summed E-state index contributed by atoms with van der Waals surface area (Å²) in [7, 11) is 0. The van der Waals surface area contributed by atoms with Crippen molar-refractivity contribution in [1.82, 2.24) is 4.90 Å². The highest BCUT2D eigenvalue weighted by molar-refractivity contribution is 5.36. The van der Waals surface area contributed by atoms with Gasteiger partial charge in [0.05, 0.1) is 25.9 Å². The molecular weight excluding hydrogens is 240 g/mol. The van der Waals surface area contributed by atoms with E-state index >= 15 is 0 Å². The van der Waals surface area contributed by atoms with Gasteiger partial charge in [0, 0.05) is 25.2 Å². The average molecular weight is 260 g/mol. The van der Waals surface area contributed by atoms with Crippen molar-refractivity contribution in [1.29, 1.82) is 0 Å². The van der Waals surface area contributed by atoms with Crippen molar-refractivity contribution in [3.63, 3.8) is 0 Å². The molecule has 1 unspecified atom stereocenters. The van der Waals surface area contributed by atoms with Crippen molar-refractivity contribution in [2.45, 2.75) is 12.6 Å². The molecule has 1 fully saturated rings. The minimum absolute atomic E-state index is 0.0524. The van der Waals surface area contributed by atoms with Crippen LogP contribution in [0.5, 0.6) is 0 Å². The van der Waals surface area contributed by atoms with E-state index in [1.54, 1.807) is 0 Å². The Kier molecular flexibility index (Phi) is 5.37. The Morgan fingerprint density at radius 3 is 2.84 bits per heavy atom. The van der Waals surface area contributed by atoms with Crippen LogP contribution in [0.3, 0.4) is 0 Å².